The van der Waals surface area contributed by atoms with Crippen molar-refractivity contribution < 1.29 is 33.3 Å². The molecule has 2 aliphatic rings. The molecule has 0 saturated carbocycles. The molecule has 2 aliphatic heterocycles. The van der Waals surface area contributed by atoms with Gasteiger partial charge in [0.2, 0.25) is 0 Å². The Kier molecular flexibility index (Phi) is 7.00. The molecule has 0 radical (unpaired) electrons. The van der Waals surface area contributed by atoms with Gasteiger partial charge in [0.05, 0.1) is 39.3 Å². The molecule has 1 aromatic carbocycles. The number of hydrogen-bond donors (Lipinski definition) is 1. The summed E-state index contributed by atoms with van der Waals surface area (Å²) in [4.78, 5) is 29.8. The molecule has 0 spiro atoms. The fourth-order valence-electron chi connectivity index (χ4n) is 4.28. The molecule has 176 valence electrons. The number of carbonyl (C=O) groups excluding carboxylic acids is 2. The second-order valence-electron chi connectivity index (χ2n) is 7.89. The van der Waals surface area contributed by atoms with Gasteiger partial charge < -0.3 is 28.6 Å². The summed E-state index contributed by atoms with van der Waals surface area (Å²) in [7, 11) is 2.99. The summed E-state index contributed by atoms with van der Waals surface area (Å²) in [6.07, 6.45) is 2.17. The van der Waals surface area contributed by atoms with E-state index < -0.39 is 17.7 Å². The maximum atomic E-state index is 13.0. The second kappa shape index (κ2) is 10.1. The van der Waals surface area contributed by atoms with Crippen LogP contribution in [0.5, 0.6) is 11.5 Å². The Morgan fingerprint density at radius 2 is 1.85 bits per heavy atom. The molecule has 1 aromatic heterocycles. The zero-order valence-electron chi connectivity index (χ0n) is 18.8. The molecule has 1 atom stereocenters. The molecule has 3 heterocycles. The molecular formula is C24H28N2O7. The third-order valence-corrected chi connectivity index (χ3v) is 5.99. The Labute approximate surface area is 192 Å². The topological polar surface area (TPSA) is 102 Å². The Morgan fingerprint density at radius 1 is 1.09 bits per heavy atom. The van der Waals surface area contributed by atoms with Crippen LogP contribution in [0.1, 0.15) is 23.8 Å². The first-order valence-corrected chi connectivity index (χ1v) is 10.9. The average Bonchev–Trinajstić information content (AvgIpc) is 3.46. The molecule has 0 aliphatic carbocycles. The van der Waals surface area contributed by atoms with Gasteiger partial charge in [-0.3, -0.25) is 14.5 Å². The van der Waals surface area contributed by atoms with Gasteiger partial charge in [0, 0.05) is 31.7 Å². The van der Waals surface area contributed by atoms with Crippen molar-refractivity contribution in [2.24, 2.45) is 0 Å². The maximum Gasteiger partial charge on any atom is 0.295 e. The number of benzene rings is 1. The highest BCUT2D eigenvalue weighted by Gasteiger charge is 2.47. The van der Waals surface area contributed by atoms with Crippen LogP contribution in [-0.2, 0) is 14.3 Å². The largest absolute Gasteiger partial charge is 0.507 e. The first-order valence-electron chi connectivity index (χ1n) is 10.9. The van der Waals surface area contributed by atoms with Crippen LogP contribution in [0, 0.1) is 0 Å². The SMILES string of the molecule is COc1ccc(C(O)=C2C(=O)C(=O)N(CCCN3CCOCC3)[C@@H]2c2ccco2)cc1OC. The summed E-state index contributed by atoms with van der Waals surface area (Å²) in [5, 5.41) is 11.1. The lowest BCUT2D eigenvalue weighted by atomic mass is 9.99. The van der Waals surface area contributed by atoms with E-state index in [0.717, 1.165) is 19.6 Å². The summed E-state index contributed by atoms with van der Waals surface area (Å²) in [6, 6.07) is 7.40. The standard InChI is InChI=1S/C24H28N2O7/c1-30-17-7-6-16(15-19(17)31-2)22(27)20-21(18-5-3-12-33-18)26(24(29)23(20)28)9-4-8-25-10-13-32-14-11-25/h3,5-7,12,15,21,27H,4,8-11,13-14H2,1-2H3/t21-/m1/s1. The number of likely N-dealkylation sites (tertiary alicyclic amines) is 1. The number of furan rings is 1. The second-order valence-corrected chi connectivity index (χ2v) is 7.89. The Morgan fingerprint density at radius 3 is 2.52 bits per heavy atom. The third kappa shape index (κ3) is 4.60. The van der Waals surface area contributed by atoms with Crippen LogP contribution in [0.15, 0.2) is 46.6 Å². The molecule has 9 nitrogen and oxygen atoms in total. The molecule has 2 aromatic rings. The van der Waals surface area contributed by atoms with E-state index >= 15 is 0 Å². The van der Waals surface area contributed by atoms with Crippen molar-refractivity contribution in [3.63, 3.8) is 0 Å². The number of rotatable bonds is 8. The highest BCUT2D eigenvalue weighted by atomic mass is 16.5. The molecule has 2 fully saturated rings. The van der Waals surface area contributed by atoms with E-state index in [0.29, 0.717) is 49.0 Å². The lowest BCUT2D eigenvalue weighted by molar-refractivity contribution is -0.140. The van der Waals surface area contributed by atoms with E-state index in [1.807, 2.05) is 0 Å². The molecule has 1 amide bonds. The summed E-state index contributed by atoms with van der Waals surface area (Å²) in [6.45, 7) is 4.23. The molecule has 33 heavy (non-hydrogen) atoms. The number of ketones is 1. The van der Waals surface area contributed by atoms with E-state index in [9.17, 15) is 14.7 Å². The first-order chi connectivity index (χ1) is 16.0. The van der Waals surface area contributed by atoms with Crippen LogP contribution in [0.3, 0.4) is 0 Å². The molecule has 1 N–H and O–H groups in total. The maximum absolute atomic E-state index is 13.0. The Balaban J connectivity index is 1.65. The molecule has 0 unspecified atom stereocenters. The van der Waals surface area contributed by atoms with E-state index in [4.69, 9.17) is 18.6 Å². The molecule has 2 saturated heterocycles. The number of carbonyl (C=O) groups is 2. The zero-order chi connectivity index (χ0) is 23.4. The summed E-state index contributed by atoms with van der Waals surface area (Å²) in [5.41, 5.74) is 0.337. The summed E-state index contributed by atoms with van der Waals surface area (Å²) < 4.78 is 21.5. The number of ether oxygens (including phenoxy) is 3. The number of nitrogens with zero attached hydrogens (tertiary/aromatic N) is 2. The highest BCUT2D eigenvalue weighted by molar-refractivity contribution is 6.46. The normalized spacial score (nSPS) is 20.9. The third-order valence-electron chi connectivity index (χ3n) is 5.99. The lowest BCUT2D eigenvalue weighted by Gasteiger charge is -2.28. The number of hydrogen-bond acceptors (Lipinski definition) is 8. The van der Waals surface area contributed by atoms with Crippen LogP contribution in [-0.4, -0.2) is 80.2 Å². The van der Waals surface area contributed by atoms with Crippen molar-refractivity contribution in [2.75, 3.05) is 53.6 Å². The number of amides is 1. The van der Waals surface area contributed by atoms with Gasteiger partial charge in [-0.15, -0.1) is 0 Å². The van der Waals surface area contributed by atoms with E-state index in [-0.39, 0.29) is 11.3 Å². The van der Waals surface area contributed by atoms with Gasteiger partial charge in [-0.2, -0.15) is 0 Å². The van der Waals surface area contributed by atoms with Crippen LogP contribution in [0.25, 0.3) is 5.76 Å². The first kappa shape index (κ1) is 22.9. The highest BCUT2D eigenvalue weighted by Crippen LogP contribution is 2.40. The predicted molar refractivity (Wildman–Crippen MR) is 119 cm³/mol. The number of aliphatic hydroxyl groups excluding tert-OH is 1. The molecular weight excluding hydrogens is 428 g/mol. The monoisotopic (exact) mass is 456 g/mol. The van der Waals surface area contributed by atoms with Crippen molar-refractivity contribution in [1.29, 1.82) is 0 Å². The van der Waals surface area contributed by atoms with Crippen molar-refractivity contribution >= 4 is 17.4 Å². The van der Waals surface area contributed by atoms with Crippen molar-refractivity contribution in [1.82, 2.24) is 9.80 Å². The summed E-state index contributed by atoms with van der Waals surface area (Å²) >= 11 is 0. The molecule has 0 bridgehead atoms. The zero-order valence-corrected chi connectivity index (χ0v) is 18.8. The number of morpholine rings is 1. The van der Waals surface area contributed by atoms with Gasteiger partial charge in [0.25, 0.3) is 11.7 Å². The average molecular weight is 456 g/mol. The van der Waals surface area contributed by atoms with Gasteiger partial charge in [0.15, 0.2) is 11.5 Å². The number of aliphatic hydroxyl groups is 1. The van der Waals surface area contributed by atoms with E-state index in [2.05, 4.69) is 4.90 Å². The van der Waals surface area contributed by atoms with E-state index in [1.54, 1.807) is 30.3 Å². The fraction of sp³-hybridized carbons (Fsp3) is 0.417. The van der Waals surface area contributed by atoms with Crippen LogP contribution < -0.4 is 9.47 Å². The smallest absolute Gasteiger partial charge is 0.295 e. The van der Waals surface area contributed by atoms with Gasteiger partial charge >= 0.3 is 0 Å². The van der Waals surface area contributed by atoms with Crippen LogP contribution >= 0.6 is 0 Å². The minimum absolute atomic E-state index is 0.00598. The van der Waals surface area contributed by atoms with Gasteiger partial charge in [-0.05, 0) is 36.8 Å². The van der Waals surface area contributed by atoms with Gasteiger partial charge in [-0.25, -0.2) is 0 Å². The predicted octanol–water partition coefficient (Wildman–Crippen LogP) is 2.44. The van der Waals surface area contributed by atoms with Crippen molar-refractivity contribution in [3.8, 4) is 11.5 Å². The minimum atomic E-state index is -0.808. The lowest BCUT2D eigenvalue weighted by Crippen LogP contribution is -2.38. The number of Topliss-reactive ketones (excluding diaryl/α,β-unsaturated/α-hetero) is 1. The van der Waals surface area contributed by atoms with E-state index in [1.165, 1.54) is 25.4 Å². The van der Waals surface area contributed by atoms with Gasteiger partial charge in [-0.1, -0.05) is 0 Å². The Hall–Kier alpha value is -3.30. The molecule has 4 rings (SSSR count). The van der Waals surface area contributed by atoms with Gasteiger partial charge in [0.1, 0.15) is 17.6 Å². The van der Waals surface area contributed by atoms with Crippen molar-refractivity contribution in [2.45, 2.75) is 12.5 Å². The summed E-state index contributed by atoms with van der Waals surface area (Å²) in [5.74, 6) is -0.375. The van der Waals surface area contributed by atoms with Crippen LogP contribution in [0.4, 0.5) is 0 Å². The van der Waals surface area contributed by atoms with Crippen LogP contribution in [0.2, 0.25) is 0 Å². The number of methoxy groups -OCH3 is 2. The molecule has 9 heteroatoms. The Bertz CT molecular complexity index is 1030. The fourth-order valence-corrected chi connectivity index (χ4v) is 4.28. The quantitative estimate of drug-likeness (QED) is 0.367. The minimum Gasteiger partial charge on any atom is -0.507 e. The van der Waals surface area contributed by atoms with Crippen molar-refractivity contribution in [3.05, 3.63) is 53.5 Å².